The van der Waals surface area contributed by atoms with Gasteiger partial charge in [0.1, 0.15) is 0 Å². The summed E-state index contributed by atoms with van der Waals surface area (Å²) in [6, 6.07) is 8.53. The average Bonchev–Trinajstić information content (AvgIpc) is 2.64. The fraction of sp³-hybridized carbons (Fsp3) is 0.571. The monoisotopic (exact) mass is 344 g/mol. The van der Waals surface area contributed by atoms with E-state index in [2.05, 4.69) is 31.3 Å². The van der Waals surface area contributed by atoms with Crippen molar-refractivity contribution in [2.75, 3.05) is 18.5 Å². The maximum atomic E-state index is 11.7. The Balaban J connectivity index is 1.73. The van der Waals surface area contributed by atoms with Crippen molar-refractivity contribution in [1.82, 2.24) is 0 Å². The maximum absolute atomic E-state index is 11.7. The number of hydrogen-bond acceptors (Lipinski definition) is 4. The maximum Gasteiger partial charge on any atom is 0.330 e. The molecule has 1 aliphatic carbocycles. The van der Waals surface area contributed by atoms with Crippen molar-refractivity contribution in [3.8, 4) is 0 Å². The molecule has 0 saturated heterocycles. The second-order valence-electron chi connectivity index (χ2n) is 7.26. The van der Waals surface area contributed by atoms with Crippen molar-refractivity contribution in [2.45, 2.75) is 52.0 Å². The number of carbonyl (C=O) groups excluding carboxylic acids is 1. The van der Waals surface area contributed by atoms with Gasteiger partial charge in [0.25, 0.3) is 0 Å². The lowest BCUT2D eigenvalue weighted by molar-refractivity contribution is -0.138. The normalized spacial score (nSPS) is 21.9. The third-order valence-electron chi connectivity index (χ3n) is 5.02. The van der Waals surface area contributed by atoms with Crippen LogP contribution in [-0.4, -0.2) is 25.2 Å². The van der Waals surface area contributed by atoms with E-state index in [1.807, 2.05) is 12.1 Å². The van der Waals surface area contributed by atoms with Crippen molar-refractivity contribution in [1.29, 1.82) is 0 Å². The molecule has 25 heavy (non-hydrogen) atoms. The van der Waals surface area contributed by atoms with Gasteiger partial charge in [-0.1, -0.05) is 32.4 Å². The average molecular weight is 344 g/mol. The van der Waals surface area contributed by atoms with E-state index in [-0.39, 0.29) is 5.97 Å². The van der Waals surface area contributed by atoms with Crippen molar-refractivity contribution >= 4 is 17.7 Å². The molecule has 4 nitrogen and oxygen atoms in total. The van der Waals surface area contributed by atoms with Crippen LogP contribution in [0.4, 0.5) is 5.69 Å². The van der Waals surface area contributed by atoms with E-state index < -0.39 is 0 Å². The molecule has 3 N–H and O–H groups in total. The highest BCUT2D eigenvalue weighted by Gasteiger charge is 2.17. The first-order valence-electron chi connectivity index (χ1n) is 9.51. The van der Waals surface area contributed by atoms with Crippen LogP contribution in [0.2, 0.25) is 0 Å². The van der Waals surface area contributed by atoms with E-state index >= 15 is 0 Å². The molecular formula is C21H32N2O2. The molecule has 0 amide bonds. The highest BCUT2D eigenvalue weighted by atomic mass is 16.5. The molecular weight excluding hydrogens is 312 g/mol. The first kappa shape index (κ1) is 19.5. The molecule has 0 aliphatic heterocycles. The highest BCUT2D eigenvalue weighted by molar-refractivity contribution is 5.87. The Morgan fingerprint density at radius 1 is 1.28 bits per heavy atom. The minimum absolute atomic E-state index is 0.280. The molecule has 1 atom stereocenters. The van der Waals surface area contributed by atoms with E-state index in [1.165, 1.54) is 18.9 Å². The smallest absolute Gasteiger partial charge is 0.330 e. The lowest BCUT2D eigenvalue weighted by Crippen LogP contribution is -2.29. The van der Waals surface area contributed by atoms with Gasteiger partial charge in [0.15, 0.2) is 0 Å². The lowest BCUT2D eigenvalue weighted by atomic mass is 9.86. The zero-order valence-corrected chi connectivity index (χ0v) is 15.5. The number of benzene rings is 1. The van der Waals surface area contributed by atoms with Crippen LogP contribution in [0.3, 0.4) is 0 Å². The van der Waals surface area contributed by atoms with Gasteiger partial charge < -0.3 is 15.8 Å². The van der Waals surface area contributed by atoms with Crippen LogP contribution in [0.1, 0.15) is 51.5 Å². The molecule has 1 saturated carbocycles. The Bertz CT molecular complexity index is 546. The summed E-state index contributed by atoms with van der Waals surface area (Å²) in [5, 5.41) is 3.50. The fourth-order valence-electron chi connectivity index (χ4n) is 2.92. The van der Waals surface area contributed by atoms with Crippen LogP contribution >= 0.6 is 0 Å². The third-order valence-corrected chi connectivity index (χ3v) is 5.02. The second kappa shape index (κ2) is 10.2. The Kier molecular flexibility index (Phi) is 7.99. The number of rotatable bonds is 8. The lowest BCUT2D eigenvalue weighted by Gasteiger charge is -2.26. The molecule has 0 aromatic heterocycles. The summed E-state index contributed by atoms with van der Waals surface area (Å²) in [5.74, 6) is 0.847. The largest absolute Gasteiger partial charge is 0.462 e. The molecule has 1 aromatic rings. The van der Waals surface area contributed by atoms with Crippen molar-refractivity contribution in [3.63, 3.8) is 0 Å². The van der Waals surface area contributed by atoms with Crippen molar-refractivity contribution in [3.05, 3.63) is 35.9 Å². The van der Waals surface area contributed by atoms with Crippen LogP contribution in [0.25, 0.3) is 6.08 Å². The van der Waals surface area contributed by atoms with E-state index in [0.29, 0.717) is 18.6 Å². The third kappa shape index (κ3) is 7.30. The number of nitrogens with one attached hydrogen (secondary N) is 1. The molecule has 0 bridgehead atoms. The van der Waals surface area contributed by atoms with Gasteiger partial charge in [0.2, 0.25) is 0 Å². The number of carbonyl (C=O) groups is 1. The molecule has 1 aliphatic rings. The van der Waals surface area contributed by atoms with Crippen LogP contribution in [0.15, 0.2) is 30.3 Å². The van der Waals surface area contributed by atoms with Gasteiger partial charge in [0.05, 0.1) is 6.61 Å². The van der Waals surface area contributed by atoms with E-state index in [1.54, 1.807) is 6.08 Å². The van der Waals surface area contributed by atoms with Crippen LogP contribution < -0.4 is 11.1 Å². The Labute approximate surface area is 151 Å². The fourth-order valence-corrected chi connectivity index (χ4v) is 2.92. The molecule has 1 unspecified atom stereocenters. The van der Waals surface area contributed by atoms with Gasteiger partial charge in [-0.25, -0.2) is 4.79 Å². The van der Waals surface area contributed by atoms with Crippen LogP contribution in [-0.2, 0) is 9.53 Å². The molecule has 0 heterocycles. The zero-order chi connectivity index (χ0) is 18.1. The number of hydrogen-bond donors (Lipinski definition) is 2. The SMILES string of the molecule is CCC(C)COC(=O)C=Cc1ccc(NCC2CCC(N)CC2)cc1. The summed E-state index contributed by atoms with van der Waals surface area (Å²) in [7, 11) is 0. The Hall–Kier alpha value is -1.81. The highest BCUT2D eigenvalue weighted by Crippen LogP contribution is 2.23. The Morgan fingerprint density at radius 2 is 1.96 bits per heavy atom. The van der Waals surface area contributed by atoms with E-state index in [4.69, 9.17) is 10.5 Å². The topological polar surface area (TPSA) is 64.3 Å². The molecule has 2 rings (SSSR count). The standard InChI is InChI=1S/C21H32N2O2/c1-3-16(2)15-25-21(24)13-8-17-6-11-20(12-7-17)23-14-18-4-9-19(22)10-5-18/h6-8,11-13,16,18-19,23H,3-5,9-10,14-15,22H2,1-2H3. The number of nitrogens with two attached hydrogens (primary N) is 1. The summed E-state index contributed by atoms with van der Waals surface area (Å²) in [4.78, 5) is 11.7. The number of ether oxygens (including phenoxy) is 1. The summed E-state index contributed by atoms with van der Waals surface area (Å²) >= 11 is 0. The van der Waals surface area contributed by atoms with Crippen molar-refractivity contribution < 1.29 is 9.53 Å². The summed E-state index contributed by atoms with van der Waals surface area (Å²) in [6.45, 7) is 5.65. The minimum atomic E-state index is -0.280. The first-order chi connectivity index (χ1) is 12.1. The molecule has 0 spiro atoms. The quantitative estimate of drug-likeness (QED) is 0.547. The predicted octanol–water partition coefficient (Wildman–Crippen LogP) is 4.22. The molecule has 0 radical (unpaired) electrons. The van der Waals surface area contributed by atoms with Gasteiger partial charge in [0, 0.05) is 24.4 Å². The number of esters is 1. The first-order valence-corrected chi connectivity index (χ1v) is 9.51. The van der Waals surface area contributed by atoms with Gasteiger partial charge in [-0.3, -0.25) is 0 Å². The molecule has 1 fully saturated rings. The van der Waals surface area contributed by atoms with Gasteiger partial charge in [-0.15, -0.1) is 0 Å². The van der Waals surface area contributed by atoms with Gasteiger partial charge in [-0.2, -0.15) is 0 Å². The van der Waals surface area contributed by atoms with Crippen LogP contribution in [0, 0.1) is 11.8 Å². The number of anilines is 1. The van der Waals surface area contributed by atoms with Crippen LogP contribution in [0.5, 0.6) is 0 Å². The van der Waals surface area contributed by atoms with E-state index in [9.17, 15) is 4.79 Å². The van der Waals surface area contributed by atoms with Gasteiger partial charge >= 0.3 is 5.97 Å². The molecule has 138 valence electrons. The van der Waals surface area contributed by atoms with Crippen molar-refractivity contribution in [2.24, 2.45) is 17.6 Å². The molecule has 1 aromatic carbocycles. The zero-order valence-electron chi connectivity index (χ0n) is 15.5. The second-order valence-corrected chi connectivity index (χ2v) is 7.26. The van der Waals surface area contributed by atoms with E-state index in [0.717, 1.165) is 43.0 Å². The van der Waals surface area contributed by atoms with Gasteiger partial charge in [-0.05, 0) is 61.3 Å². The summed E-state index contributed by atoms with van der Waals surface area (Å²) in [5.41, 5.74) is 8.06. The molecule has 4 heteroatoms. The summed E-state index contributed by atoms with van der Waals surface area (Å²) < 4.78 is 5.21. The predicted molar refractivity (Wildman–Crippen MR) is 104 cm³/mol. The Morgan fingerprint density at radius 3 is 2.60 bits per heavy atom. The minimum Gasteiger partial charge on any atom is -0.462 e. The summed E-state index contributed by atoms with van der Waals surface area (Å²) in [6.07, 6.45) is 9.02.